The molecule has 0 saturated carbocycles. The van der Waals surface area contributed by atoms with E-state index in [-0.39, 0.29) is 12.5 Å². The van der Waals surface area contributed by atoms with E-state index in [4.69, 9.17) is 0 Å². The molecule has 0 unspecified atom stereocenters. The van der Waals surface area contributed by atoms with Crippen LogP contribution in [0.2, 0.25) is 0 Å². The predicted molar refractivity (Wildman–Crippen MR) is 82.0 cm³/mol. The molecule has 0 aliphatic rings. The number of hydrogen-bond donors (Lipinski definition) is 3. The Morgan fingerprint density at radius 3 is 2.67 bits per heavy atom. The van der Waals surface area contributed by atoms with Gasteiger partial charge < -0.3 is 15.4 Å². The minimum atomic E-state index is -0.413. The quantitative estimate of drug-likeness (QED) is 0.688. The van der Waals surface area contributed by atoms with E-state index < -0.39 is 6.04 Å². The molecule has 1 heterocycles. The molecule has 3 aromatic rings. The number of hydrogen-bond acceptors (Lipinski definition) is 2. The Kier molecular flexibility index (Phi) is 3.71. The van der Waals surface area contributed by atoms with Crippen LogP contribution in [0, 0.1) is 0 Å². The summed E-state index contributed by atoms with van der Waals surface area (Å²) in [4.78, 5) is 15.5. The summed E-state index contributed by atoms with van der Waals surface area (Å²) in [5, 5.41) is 13.4. The molecule has 1 atom stereocenters. The fourth-order valence-electron chi connectivity index (χ4n) is 2.43. The summed E-state index contributed by atoms with van der Waals surface area (Å²) in [6.07, 6.45) is 1.81. The second-order valence-corrected chi connectivity index (χ2v) is 4.87. The summed E-state index contributed by atoms with van der Waals surface area (Å²) < 4.78 is 0. The van der Waals surface area contributed by atoms with Crippen molar-refractivity contribution in [2.45, 2.75) is 6.04 Å². The lowest BCUT2D eigenvalue weighted by Crippen LogP contribution is -2.30. The number of aliphatic hydroxyl groups excluding tert-OH is 1. The lowest BCUT2D eigenvalue weighted by Gasteiger charge is -2.17. The summed E-state index contributed by atoms with van der Waals surface area (Å²) in [6, 6.07) is 16.5. The number of aromatic amines is 1. The molecule has 106 valence electrons. The Hall–Kier alpha value is -2.59. The molecule has 4 nitrogen and oxygen atoms in total. The lowest BCUT2D eigenvalue weighted by atomic mass is 10.1. The molecule has 0 spiro atoms. The molecule has 4 heteroatoms. The minimum absolute atomic E-state index is 0.142. The van der Waals surface area contributed by atoms with Gasteiger partial charge >= 0.3 is 0 Å². The normalized spacial score (nSPS) is 12.2. The molecular weight excluding hydrogens is 264 g/mol. The van der Waals surface area contributed by atoms with Gasteiger partial charge in [-0.25, -0.2) is 0 Å². The molecule has 1 amide bonds. The van der Waals surface area contributed by atoms with E-state index in [0.717, 1.165) is 16.5 Å². The summed E-state index contributed by atoms with van der Waals surface area (Å²) >= 11 is 0. The zero-order chi connectivity index (χ0) is 14.7. The van der Waals surface area contributed by atoms with E-state index in [1.165, 1.54) is 0 Å². The Balaban J connectivity index is 1.87. The van der Waals surface area contributed by atoms with Crippen molar-refractivity contribution in [1.82, 2.24) is 10.3 Å². The van der Waals surface area contributed by atoms with Crippen LogP contribution in [-0.2, 0) is 0 Å². The maximum atomic E-state index is 12.5. The standard InChI is InChI=1S/C17H16N2O2/c20-11-15(12-5-2-1-3-6-12)19-17(21)14-8-4-7-13-9-10-18-16(13)14/h1-10,15,18,20H,11H2,(H,19,21)/t15-/m1/s1. The van der Waals surface area contributed by atoms with Crippen molar-refractivity contribution in [1.29, 1.82) is 0 Å². The molecule has 0 aliphatic heterocycles. The zero-order valence-corrected chi connectivity index (χ0v) is 11.4. The van der Waals surface area contributed by atoms with Gasteiger partial charge in [-0.3, -0.25) is 4.79 Å². The second kappa shape index (κ2) is 5.81. The summed E-state index contributed by atoms with van der Waals surface area (Å²) in [7, 11) is 0. The highest BCUT2D eigenvalue weighted by Gasteiger charge is 2.16. The molecular formula is C17H16N2O2. The van der Waals surface area contributed by atoms with Crippen LogP contribution in [0.25, 0.3) is 10.9 Å². The van der Waals surface area contributed by atoms with E-state index in [1.807, 2.05) is 54.7 Å². The second-order valence-electron chi connectivity index (χ2n) is 4.87. The molecule has 3 N–H and O–H groups in total. The highest BCUT2D eigenvalue weighted by Crippen LogP contribution is 2.18. The maximum Gasteiger partial charge on any atom is 0.253 e. The third kappa shape index (κ3) is 2.66. The van der Waals surface area contributed by atoms with Crippen LogP contribution >= 0.6 is 0 Å². The highest BCUT2D eigenvalue weighted by molar-refractivity contribution is 6.05. The number of fused-ring (bicyclic) bond motifs is 1. The molecule has 0 aliphatic carbocycles. The maximum absolute atomic E-state index is 12.5. The van der Waals surface area contributed by atoms with Crippen LogP contribution in [-0.4, -0.2) is 22.6 Å². The van der Waals surface area contributed by atoms with E-state index in [0.29, 0.717) is 5.56 Å². The van der Waals surface area contributed by atoms with E-state index in [9.17, 15) is 9.90 Å². The average molecular weight is 280 g/mol. The molecule has 0 fully saturated rings. The Morgan fingerprint density at radius 2 is 1.90 bits per heavy atom. The number of H-pyrrole nitrogens is 1. The van der Waals surface area contributed by atoms with Crippen molar-refractivity contribution in [2.24, 2.45) is 0 Å². The summed E-state index contributed by atoms with van der Waals surface area (Å²) in [5.41, 5.74) is 2.26. The van der Waals surface area contributed by atoms with Crippen LogP contribution < -0.4 is 5.32 Å². The predicted octanol–water partition coefficient (Wildman–Crippen LogP) is 2.63. The Morgan fingerprint density at radius 1 is 1.10 bits per heavy atom. The van der Waals surface area contributed by atoms with Gasteiger partial charge in [0.2, 0.25) is 0 Å². The summed E-state index contributed by atoms with van der Waals surface area (Å²) in [6.45, 7) is -0.142. The number of aliphatic hydroxyl groups is 1. The van der Waals surface area contributed by atoms with Gasteiger partial charge in [0.15, 0.2) is 0 Å². The first-order valence-electron chi connectivity index (χ1n) is 6.82. The van der Waals surface area contributed by atoms with Crippen molar-refractivity contribution in [3.8, 4) is 0 Å². The van der Waals surface area contributed by atoms with E-state index in [1.54, 1.807) is 6.07 Å². The monoisotopic (exact) mass is 280 g/mol. The van der Waals surface area contributed by atoms with Gasteiger partial charge in [0.1, 0.15) is 0 Å². The number of para-hydroxylation sites is 1. The molecule has 0 bridgehead atoms. The van der Waals surface area contributed by atoms with Crippen LogP contribution in [0.4, 0.5) is 0 Å². The fourth-order valence-corrected chi connectivity index (χ4v) is 2.43. The van der Waals surface area contributed by atoms with Crippen molar-refractivity contribution >= 4 is 16.8 Å². The largest absolute Gasteiger partial charge is 0.394 e. The topological polar surface area (TPSA) is 65.1 Å². The molecule has 0 radical (unpaired) electrons. The first-order chi connectivity index (χ1) is 10.3. The number of benzene rings is 2. The van der Waals surface area contributed by atoms with Gasteiger partial charge in [-0.2, -0.15) is 0 Å². The number of carbonyl (C=O) groups excluding carboxylic acids is 1. The smallest absolute Gasteiger partial charge is 0.253 e. The lowest BCUT2D eigenvalue weighted by molar-refractivity contribution is 0.0917. The summed E-state index contributed by atoms with van der Waals surface area (Å²) in [5.74, 6) is -0.203. The molecule has 3 rings (SSSR count). The van der Waals surface area contributed by atoms with Crippen molar-refractivity contribution in [2.75, 3.05) is 6.61 Å². The van der Waals surface area contributed by atoms with Gasteiger partial charge in [0.05, 0.1) is 23.7 Å². The van der Waals surface area contributed by atoms with E-state index >= 15 is 0 Å². The SMILES string of the molecule is O=C(N[C@H](CO)c1ccccc1)c1cccc2cc[nH]c12. The minimum Gasteiger partial charge on any atom is -0.394 e. The number of carbonyl (C=O) groups is 1. The van der Waals surface area contributed by atoms with Gasteiger partial charge in [0, 0.05) is 11.6 Å². The zero-order valence-electron chi connectivity index (χ0n) is 11.4. The third-order valence-corrected chi connectivity index (χ3v) is 3.52. The van der Waals surface area contributed by atoms with Crippen LogP contribution in [0.1, 0.15) is 22.0 Å². The first kappa shape index (κ1) is 13.4. The van der Waals surface area contributed by atoms with Crippen LogP contribution in [0.5, 0.6) is 0 Å². The average Bonchev–Trinajstić information content (AvgIpc) is 3.01. The Bertz CT molecular complexity index is 750. The van der Waals surface area contributed by atoms with Crippen LogP contribution in [0.15, 0.2) is 60.8 Å². The number of rotatable bonds is 4. The van der Waals surface area contributed by atoms with Crippen LogP contribution in [0.3, 0.4) is 0 Å². The third-order valence-electron chi connectivity index (χ3n) is 3.52. The number of nitrogens with one attached hydrogen (secondary N) is 2. The molecule has 0 saturated heterocycles. The van der Waals surface area contributed by atoms with Crippen molar-refractivity contribution in [3.05, 3.63) is 71.9 Å². The highest BCUT2D eigenvalue weighted by atomic mass is 16.3. The fraction of sp³-hybridized carbons (Fsp3) is 0.118. The number of amides is 1. The molecule has 21 heavy (non-hydrogen) atoms. The molecule has 1 aromatic heterocycles. The van der Waals surface area contributed by atoms with Crippen molar-refractivity contribution < 1.29 is 9.90 Å². The van der Waals surface area contributed by atoms with Crippen molar-refractivity contribution in [3.63, 3.8) is 0 Å². The first-order valence-corrected chi connectivity index (χ1v) is 6.82. The Labute approximate surface area is 122 Å². The van der Waals surface area contributed by atoms with Gasteiger partial charge in [-0.05, 0) is 17.7 Å². The van der Waals surface area contributed by atoms with Gasteiger partial charge in [0.25, 0.3) is 5.91 Å². The van der Waals surface area contributed by atoms with Gasteiger partial charge in [-0.15, -0.1) is 0 Å². The van der Waals surface area contributed by atoms with Gasteiger partial charge in [-0.1, -0.05) is 42.5 Å². The molecule has 2 aromatic carbocycles. The van der Waals surface area contributed by atoms with E-state index in [2.05, 4.69) is 10.3 Å². The number of aromatic nitrogens is 1.